The molecule has 0 aromatic rings. The minimum atomic E-state index is -1.70. The van der Waals surface area contributed by atoms with Crippen molar-refractivity contribution in [2.24, 2.45) is 5.92 Å². The van der Waals surface area contributed by atoms with E-state index in [-0.39, 0.29) is 0 Å². The second-order valence-corrected chi connectivity index (χ2v) is 14.3. The van der Waals surface area contributed by atoms with Crippen molar-refractivity contribution in [3.63, 3.8) is 0 Å². The third kappa shape index (κ3) is 5.10. The van der Waals surface area contributed by atoms with Crippen molar-refractivity contribution in [3.8, 4) is 0 Å². The Kier molecular flexibility index (Phi) is 8.63. The Morgan fingerprint density at radius 2 is 1.33 bits per heavy atom. The average Bonchev–Trinajstić information content (AvgIpc) is 2.15. The van der Waals surface area contributed by atoms with E-state index in [1.165, 1.54) is 0 Å². The fraction of sp³-hybridized carbons (Fsp3) is 0.857. The van der Waals surface area contributed by atoms with Crippen LogP contribution in [0.15, 0.2) is 9.47 Å². The van der Waals surface area contributed by atoms with Gasteiger partial charge in [-0.1, -0.05) is 54.5 Å². The summed E-state index contributed by atoms with van der Waals surface area (Å²) in [5.74, 6) is 0.432. The van der Waals surface area contributed by atoms with Crippen LogP contribution in [0.1, 0.15) is 48.5 Å². The predicted octanol–water partition coefficient (Wildman–Crippen LogP) is 6.45. The van der Waals surface area contributed by atoms with E-state index in [0.29, 0.717) is 22.5 Å². The molecule has 0 spiro atoms. The summed E-state index contributed by atoms with van der Waals surface area (Å²) >= 11 is 6.83. The number of hydrogen-bond acceptors (Lipinski definition) is 1. The lowest BCUT2D eigenvalue weighted by Crippen LogP contribution is -2.48. The molecule has 4 heteroatoms. The highest BCUT2D eigenvalue weighted by atomic mass is 79.9. The van der Waals surface area contributed by atoms with Gasteiger partial charge in [-0.15, -0.1) is 0 Å². The molecule has 0 bridgehead atoms. The Hall–Kier alpha value is 0.877. The van der Waals surface area contributed by atoms with Gasteiger partial charge in [-0.2, -0.15) is 0 Å². The van der Waals surface area contributed by atoms with E-state index in [2.05, 4.69) is 86.4 Å². The zero-order valence-electron chi connectivity index (χ0n) is 12.8. The van der Waals surface area contributed by atoms with Crippen LogP contribution in [0.3, 0.4) is 0 Å². The van der Waals surface area contributed by atoms with Crippen molar-refractivity contribution in [3.05, 3.63) is 9.47 Å². The third-order valence-electron chi connectivity index (χ3n) is 3.71. The molecule has 0 saturated carbocycles. The van der Waals surface area contributed by atoms with Gasteiger partial charge in [-0.05, 0) is 54.4 Å². The molecule has 0 amide bonds. The summed E-state index contributed by atoms with van der Waals surface area (Å²) in [5, 5.41) is 0. The summed E-state index contributed by atoms with van der Waals surface area (Å²) in [4.78, 5) is 0. The lowest BCUT2D eigenvalue weighted by atomic mass is 10.2. The van der Waals surface area contributed by atoms with Crippen LogP contribution >= 0.6 is 31.9 Å². The van der Waals surface area contributed by atoms with Crippen LogP contribution < -0.4 is 0 Å². The van der Waals surface area contributed by atoms with Gasteiger partial charge in [0.25, 0.3) is 0 Å². The third-order valence-corrected chi connectivity index (χ3v) is 10.3. The molecule has 0 fully saturated rings. The Labute approximate surface area is 131 Å². The maximum absolute atomic E-state index is 6.53. The van der Waals surface area contributed by atoms with E-state index < -0.39 is 8.32 Å². The molecule has 0 unspecified atom stereocenters. The molecule has 1 atom stereocenters. The van der Waals surface area contributed by atoms with Gasteiger partial charge in [0.15, 0.2) is 8.32 Å². The lowest BCUT2D eigenvalue weighted by molar-refractivity contribution is 0.250. The average molecular weight is 400 g/mol. The van der Waals surface area contributed by atoms with E-state index >= 15 is 0 Å². The molecule has 0 aliphatic carbocycles. The largest absolute Gasteiger partial charge is 0.415 e. The highest BCUT2D eigenvalue weighted by Gasteiger charge is 2.45. The molecule has 0 rings (SSSR count). The molecular formula is C14H28Br2OSi. The van der Waals surface area contributed by atoms with E-state index in [1.807, 2.05) is 0 Å². The number of hydrogen-bond donors (Lipinski definition) is 0. The Morgan fingerprint density at radius 1 is 0.944 bits per heavy atom. The maximum Gasteiger partial charge on any atom is 0.200 e. The first-order valence-electron chi connectivity index (χ1n) is 6.81. The van der Waals surface area contributed by atoms with Crippen molar-refractivity contribution < 1.29 is 4.43 Å². The van der Waals surface area contributed by atoms with Crippen molar-refractivity contribution in [1.29, 1.82) is 0 Å². The first-order chi connectivity index (χ1) is 8.14. The molecule has 0 aliphatic rings. The van der Waals surface area contributed by atoms with Gasteiger partial charge in [0.1, 0.15) is 0 Å². The molecule has 108 valence electrons. The van der Waals surface area contributed by atoms with E-state index in [9.17, 15) is 0 Å². The molecule has 0 N–H and O–H groups in total. The smallest absolute Gasteiger partial charge is 0.200 e. The second-order valence-electron chi connectivity index (χ2n) is 6.06. The summed E-state index contributed by atoms with van der Waals surface area (Å²) in [6, 6.07) is 0. The molecule has 0 saturated heterocycles. The van der Waals surface area contributed by atoms with Crippen molar-refractivity contribution in [2.75, 3.05) is 6.61 Å². The fourth-order valence-corrected chi connectivity index (χ4v) is 9.49. The number of halogens is 2. The van der Waals surface area contributed by atoms with Crippen LogP contribution in [0.2, 0.25) is 16.6 Å². The van der Waals surface area contributed by atoms with E-state index in [4.69, 9.17) is 4.43 Å². The van der Waals surface area contributed by atoms with Crippen molar-refractivity contribution >= 4 is 40.2 Å². The SMILES string of the molecule is CC(C)[Si](OC[C@@H](C)C=C(Br)Br)(C(C)C)C(C)C. The van der Waals surface area contributed by atoms with Gasteiger partial charge < -0.3 is 4.43 Å². The normalized spacial score (nSPS) is 14.4. The molecule has 1 nitrogen and oxygen atoms in total. The Morgan fingerprint density at radius 3 is 1.61 bits per heavy atom. The topological polar surface area (TPSA) is 9.23 Å². The lowest BCUT2D eigenvalue weighted by Gasteiger charge is -2.42. The van der Waals surface area contributed by atoms with Gasteiger partial charge in [-0.25, -0.2) is 0 Å². The van der Waals surface area contributed by atoms with Crippen LogP contribution in [-0.2, 0) is 4.43 Å². The van der Waals surface area contributed by atoms with Crippen LogP contribution in [-0.4, -0.2) is 14.9 Å². The number of rotatable bonds is 7. The highest BCUT2D eigenvalue weighted by Crippen LogP contribution is 2.42. The summed E-state index contributed by atoms with van der Waals surface area (Å²) in [7, 11) is -1.70. The van der Waals surface area contributed by atoms with Crippen molar-refractivity contribution in [2.45, 2.75) is 65.1 Å². The van der Waals surface area contributed by atoms with Crippen LogP contribution in [0, 0.1) is 5.92 Å². The predicted molar refractivity (Wildman–Crippen MR) is 92.1 cm³/mol. The van der Waals surface area contributed by atoms with Gasteiger partial charge in [0.05, 0.1) is 3.39 Å². The van der Waals surface area contributed by atoms with Gasteiger partial charge in [0.2, 0.25) is 0 Å². The Bertz CT molecular complexity index is 249. The monoisotopic (exact) mass is 398 g/mol. The molecule has 0 radical (unpaired) electrons. The summed E-state index contributed by atoms with van der Waals surface area (Å²) < 4.78 is 7.54. The van der Waals surface area contributed by atoms with E-state index in [0.717, 1.165) is 10.00 Å². The van der Waals surface area contributed by atoms with Crippen LogP contribution in [0.5, 0.6) is 0 Å². The van der Waals surface area contributed by atoms with Gasteiger partial charge >= 0.3 is 0 Å². The zero-order valence-corrected chi connectivity index (χ0v) is 16.9. The van der Waals surface area contributed by atoms with Gasteiger partial charge in [-0.3, -0.25) is 0 Å². The second kappa shape index (κ2) is 8.23. The Balaban J connectivity index is 4.87. The molecule has 18 heavy (non-hydrogen) atoms. The highest BCUT2D eigenvalue weighted by molar-refractivity contribution is 9.28. The summed E-state index contributed by atoms with van der Waals surface area (Å²) in [6.45, 7) is 17.0. The first-order valence-corrected chi connectivity index (χ1v) is 10.5. The quantitative estimate of drug-likeness (QED) is 0.447. The van der Waals surface area contributed by atoms with Crippen molar-refractivity contribution in [1.82, 2.24) is 0 Å². The van der Waals surface area contributed by atoms with Gasteiger partial charge in [0, 0.05) is 6.61 Å². The van der Waals surface area contributed by atoms with Crippen LogP contribution in [0.25, 0.3) is 0 Å². The van der Waals surface area contributed by atoms with E-state index in [1.54, 1.807) is 0 Å². The molecular weight excluding hydrogens is 372 g/mol. The standard InChI is InChI=1S/C14H28Br2OSi/c1-10(2)18(11(3)4,12(5)6)17-9-13(7)8-14(15)16/h8,10-13H,9H2,1-7H3/t13-/m0/s1. The maximum atomic E-state index is 6.53. The van der Waals surface area contributed by atoms with Crippen LogP contribution in [0.4, 0.5) is 0 Å². The molecule has 0 aromatic carbocycles. The molecule has 0 heterocycles. The minimum Gasteiger partial charge on any atom is -0.415 e. The molecule has 0 aliphatic heterocycles. The summed E-state index contributed by atoms with van der Waals surface area (Å²) in [5.41, 5.74) is 1.96. The summed E-state index contributed by atoms with van der Waals surface area (Å²) in [6.07, 6.45) is 2.15. The fourth-order valence-electron chi connectivity index (χ4n) is 3.04. The first kappa shape index (κ1) is 18.9. The molecule has 0 aromatic heterocycles. The minimum absolute atomic E-state index is 0.432. The zero-order chi connectivity index (χ0) is 14.5.